The van der Waals surface area contributed by atoms with Gasteiger partial charge in [0.15, 0.2) is 5.82 Å². The molecule has 3 nitrogen and oxygen atoms in total. The summed E-state index contributed by atoms with van der Waals surface area (Å²) in [6.07, 6.45) is 3.50. The Bertz CT molecular complexity index is 605. The second-order valence-electron chi connectivity index (χ2n) is 5.29. The average Bonchev–Trinajstić information content (AvgIpc) is 2.81. The summed E-state index contributed by atoms with van der Waals surface area (Å²) in [6, 6.07) is 5.02. The first-order chi connectivity index (χ1) is 9.66. The normalized spacial score (nSPS) is 21.2. The molecule has 0 saturated carbocycles. The third-order valence-corrected chi connectivity index (χ3v) is 3.97. The van der Waals surface area contributed by atoms with Crippen LogP contribution >= 0.6 is 11.6 Å². The van der Waals surface area contributed by atoms with Gasteiger partial charge in [0.1, 0.15) is 11.3 Å². The molecule has 1 aliphatic rings. The van der Waals surface area contributed by atoms with Crippen molar-refractivity contribution in [2.45, 2.75) is 44.2 Å². The summed E-state index contributed by atoms with van der Waals surface area (Å²) >= 11 is 6.20. The van der Waals surface area contributed by atoms with Crippen LogP contribution in [-0.2, 0) is 11.3 Å². The molecule has 0 amide bonds. The van der Waals surface area contributed by atoms with Crippen molar-refractivity contribution < 1.29 is 9.13 Å². The van der Waals surface area contributed by atoms with Crippen molar-refractivity contribution >= 4 is 22.6 Å². The summed E-state index contributed by atoms with van der Waals surface area (Å²) in [4.78, 5) is 4.38. The van der Waals surface area contributed by atoms with Crippen molar-refractivity contribution in [3.63, 3.8) is 0 Å². The maximum absolute atomic E-state index is 13.9. The highest BCUT2D eigenvalue weighted by atomic mass is 35.5. The lowest BCUT2D eigenvalue weighted by molar-refractivity contribution is 0.00618. The number of fused-ring (bicyclic) bond motifs is 1. The molecule has 1 saturated heterocycles. The van der Waals surface area contributed by atoms with Gasteiger partial charge < -0.3 is 9.30 Å². The van der Waals surface area contributed by atoms with Gasteiger partial charge in [0.2, 0.25) is 0 Å². The van der Waals surface area contributed by atoms with E-state index in [4.69, 9.17) is 16.3 Å². The zero-order chi connectivity index (χ0) is 14.1. The fraction of sp³-hybridized carbons (Fsp3) is 0.533. The number of halogens is 2. The Balaban J connectivity index is 2.02. The van der Waals surface area contributed by atoms with Crippen LogP contribution in [-0.4, -0.2) is 22.3 Å². The highest BCUT2D eigenvalue weighted by Crippen LogP contribution is 2.27. The van der Waals surface area contributed by atoms with E-state index in [1.165, 1.54) is 12.5 Å². The van der Waals surface area contributed by atoms with Crippen LogP contribution in [0.1, 0.15) is 37.4 Å². The molecular weight excluding hydrogens is 279 g/mol. The van der Waals surface area contributed by atoms with Crippen LogP contribution < -0.4 is 0 Å². The predicted molar refractivity (Wildman–Crippen MR) is 77.6 cm³/mol. The number of hydrogen-bond donors (Lipinski definition) is 0. The van der Waals surface area contributed by atoms with Crippen LogP contribution in [0.15, 0.2) is 18.2 Å². The SMILES string of the molecule is CC(Cl)c1nc2c(F)cccc2n1CC1CCCCO1. The lowest BCUT2D eigenvalue weighted by Gasteiger charge is -2.24. The number of hydrogen-bond acceptors (Lipinski definition) is 2. The Morgan fingerprint density at radius 2 is 2.35 bits per heavy atom. The highest BCUT2D eigenvalue weighted by Gasteiger charge is 2.21. The van der Waals surface area contributed by atoms with E-state index in [0.717, 1.165) is 25.0 Å². The molecule has 0 spiro atoms. The zero-order valence-electron chi connectivity index (χ0n) is 11.5. The van der Waals surface area contributed by atoms with E-state index in [-0.39, 0.29) is 17.3 Å². The molecule has 1 aliphatic heterocycles. The molecule has 108 valence electrons. The zero-order valence-corrected chi connectivity index (χ0v) is 12.2. The summed E-state index contributed by atoms with van der Waals surface area (Å²) in [5.74, 6) is 0.408. The van der Waals surface area contributed by atoms with E-state index in [9.17, 15) is 4.39 Å². The maximum Gasteiger partial charge on any atom is 0.151 e. The van der Waals surface area contributed by atoms with E-state index in [2.05, 4.69) is 4.98 Å². The fourth-order valence-corrected chi connectivity index (χ4v) is 2.95. The van der Waals surface area contributed by atoms with E-state index >= 15 is 0 Å². The number of alkyl halides is 1. The van der Waals surface area contributed by atoms with Crippen molar-refractivity contribution in [3.05, 3.63) is 29.8 Å². The van der Waals surface area contributed by atoms with Gasteiger partial charge >= 0.3 is 0 Å². The van der Waals surface area contributed by atoms with Crippen LogP contribution in [0.2, 0.25) is 0 Å². The van der Waals surface area contributed by atoms with Crippen LogP contribution in [0.4, 0.5) is 4.39 Å². The second-order valence-corrected chi connectivity index (χ2v) is 5.95. The van der Waals surface area contributed by atoms with Gasteiger partial charge in [0.05, 0.1) is 23.5 Å². The van der Waals surface area contributed by atoms with Crippen LogP contribution in [0.3, 0.4) is 0 Å². The molecule has 1 fully saturated rings. The van der Waals surface area contributed by atoms with E-state index in [1.54, 1.807) is 6.07 Å². The lowest BCUT2D eigenvalue weighted by Crippen LogP contribution is -2.25. The van der Waals surface area contributed by atoms with Gasteiger partial charge in [0.25, 0.3) is 0 Å². The number of nitrogens with zero attached hydrogens (tertiary/aromatic N) is 2. The number of imidazole rings is 1. The Hall–Kier alpha value is -1.13. The highest BCUT2D eigenvalue weighted by molar-refractivity contribution is 6.20. The Labute approximate surface area is 122 Å². The molecule has 2 heterocycles. The first-order valence-electron chi connectivity index (χ1n) is 7.07. The summed E-state index contributed by atoms with van der Waals surface area (Å²) in [5.41, 5.74) is 1.19. The lowest BCUT2D eigenvalue weighted by atomic mass is 10.1. The third kappa shape index (κ3) is 2.54. The predicted octanol–water partition coefficient (Wildman–Crippen LogP) is 4.04. The van der Waals surface area contributed by atoms with Crippen molar-refractivity contribution in [3.8, 4) is 0 Å². The molecular formula is C15H18ClFN2O. The number of rotatable bonds is 3. The molecule has 2 aromatic rings. The molecule has 2 unspecified atom stereocenters. The minimum Gasteiger partial charge on any atom is -0.376 e. The van der Waals surface area contributed by atoms with Crippen molar-refractivity contribution in [1.82, 2.24) is 9.55 Å². The fourth-order valence-electron chi connectivity index (χ4n) is 2.78. The number of benzene rings is 1. The summed E-state index contributed by atoms with van der Waals surface area (Å²) in [7, 11) is 0. The van der Waals surface area contributed by atoms with Gasteiger partial charge in [-0.25, -0.2) is 9.37 Å². The standard InChI is InChI=1S/C15H18ClFN2O/c1-10(16)15-18-14-12(17)6-4-7-13(14)19(15)9-11-5-2-3-8-20-11/h4,6-7,10-11H,2-3,5,8-9H2,1H3. The quantitative estimate of drug-likeness (QED) is 0.799. The Morgan fingerprint density at radius 3 is 3.05 bits per heavy atom. The third-order valence-electron chi connectivity index (χ3n) is 3.78. The largest absolute Gasteiger partial charge is 0.376 e. The average molecular weight is 297 g/mol. The smallest absolute Gasteiger partial charge is 0.151 e. The molecule has 5 heteroatoms. The summed E-state index contributed by atoms with van der Waals surface area (Å²) in [5, 5.41) is -0.259. The molecule has 0 radical (unpaired) electrons. The van der Waals surface area contributed by atoms with Crippen LogP contribution in [0.25, 0.3) is 11.0 Å². The number of para-hydroxylation sites is 1. The molecule has 2 atom stereocenters. The van der Waals surface area contributed by atoms with Gasteiger partial charge in [-0.1, -0.05) is 6.07 Å². The minimum atomic E-state index is -0.302. The van der Waals surface area contributed by atoms with Crippen LogP contribution in [0, 0.1) is 5.82 Å². The molecule has 0 aliphatic carbocycles. The first-order valence-corrected chi connectivity index (χ1v) is 7.51. The Kier molecular flexibility index (Phi) is 3.94. The number of ether oxygens (including phenoxy) is 1. The van der Waals surface area contributed by atoms with Crippen molar-refractivity contribution in [1.29, 1.82) is 0 Å². The van der Waals surface area contributed by atoms with Crippen LogP contribution in [0.5, 0.6) is 0 Å². The molecule has 0 bridgehead atoms. The van der Waals surface area contributed by atoms with Gasteiger partial charge in [0, 0.05) is 6.61 Å². The summed E-state index contributed by atoms with van der Waals surface area (Å²) < 4.78 is 21.7. The van der Waals surface area contributed by atoms with Gasteiger partial charge in [-0.2, -0.15) is 0 Å². The van der Waals surface area contributed by atoms with E-state index < -0.39 is 0 Å². The monoisotopic (exact) mass is 296 g/mol. The minimum absolute atomic E-state index is 0.165. The van der Waals surface area contributed by atoms with Gasteiger partial charge in [-0.3, -0.25) is 0 Å². The van der Waals surface area contributed by atoms with E-state index in [1.807, 2.05) is 17.6 Å². The van der Waals surface area contributed by atoms with Crippen molar-refractivity contribution in [2.75, 3.05) is 6.61 Å². The van der Waals surface area contributed by atoms with Gasteiger partial charge in [-0.05, 0) is 38.3 Å². The molecule has 1 aromatic heterocycles. The second kappa shape index (κ2) is 5.70. The van der Waals surface area contributed by atoms with Gasteiger partial charge in [-0.15, -0.1) is 11.6 Å². The van der Waals surface area contributed by atoms with Crippen molar-refractivity contribution in [2.24, 2.45) is 0 Å². The Morgan fingerprint density at radius 1 is 1.50 bits per heavy atom. The molecule has 3 rings (SSSR count). The summed E-state index contributed by atoms with van der Waals surface area (Å²) in [6.45, 7) is 3.35. The first kappa shape index (κ1) is 13.8. The number of aromatic nitrogens is 2. The molecule has 1 aromatic carbocycles. The molecule has 20 heavy (non-hydrogen) atoms. The maximum atomic E-state index is 13.9. The molecule has 0 N–H and O–H groups in total. The topological polar surface area (TPSA) is 27.1 Å². The van der Waals surface area contributed by atoms with E-state index in [0.29, 0.717) is 17.9 Å².